The third kappa shape index (κ3) is 2.42. The minimum Gasteiger partial charge on any atom is -0.366 e. The lowest BCUT2D eigenvalue weighted by Crippen LogP contribution is -2.12. The molecule has 0 saturated carbocycles. The van der Waals surface area contributed by atoms with Crippen LogP contribution in [0.5, 0.6) is 0 Å². The van der Waals surface area contributed by atoms with E-state index in [0.717, 1.165) is 11.6 Å². The SMILES string of the molecule is CNCc1ccc(-c2cnn3c2[nH]c2cc(F)cc(C(N)=O)c23)c(F)c1. The number of rotatable bonds is 4. The summed E-state index contributed by atoms with van der Waals surface area (Å²) in [5.41, 5.74) is 8.20. The molecule has 0 aliphatic carbocycles. The van der Waals surface area contributed by atoms with Gasteiger partial charge in [-0.05, 0) is 30.8 Å². The van der Waals surface area contributed by atoms with Crippen molar-refractivity contribution in [1.29, 1.82) is 0 Å². The van der Waals surface area contributed by atoms with Crippen LogP contribution in [-0.4, -0.2) is 27.6 Å². The number of amides is 1. The highest BCUT2D eigenvalue weighted by Crippen LogP contribution is 2.31. The van der Waals surface area contributed by atoms with Crippen LogP contribution in [0.25, 0.3) is 27.8 Å². The molecule has 0 radical (unpaired) electrons. The number of benzene rings is 2. The van der Waals surface area contributed by atoms with Crippen LogP contribution in [0.2, 0.25) is 0 Å². The monoisotopic (exact) mass is 355 g/mol. The predicted octanol–water partition coefficient (Wildman–Crippen LogP) is 2.58. The standard InChI is InChI=1S/C18H15F2N5O/c1-22-7-9-2-3-11(14(20)4-9)13-8-23-25-16-12(17(21)26)5-10(19)6-15(16)24-18(13)25/h2-6,8,22,24H,7H2,1H3,(H2,21,26). The second-order valence-corrected chi connectivity index (χ2v) is 6.00. The van der Waals surface area contributed by atoms with Gasteiger partial charge in [0.25, 0.3) is 5.91 Å². The Morgan fingerprint density at radius 3 is 2.77 bits per heavy atom. The molecule has 4 aromatic rings. The van der Waals surface area contributed by atoms with Crippen LogP contribution in [0.15, 0.2) is 36.5 Å². The average Bonchev–Trinajstić information content (AvgIpc) is 3.13. The zero-order chi connectivity index (χ0) is 18.4. The summed E-state index contributed by atoms with van der Waals surface area (Å²) in [4.78, 5) is 14.7. The highest BCUT2D eigenvalue weighted by molar-refractivity contribution is 6.05. The first-order valence-corrected chi connectivity index (χ1v) is 7.91. The lowest BCUT2D eigenvalue weighted by atomic mass is 10.1. The number of halogens is 2. The van der Waals surface area contributed by atoms with E-state index in [9.17, 15) is 13.6 Å². The van der Waals surface area contributed by atoms with Crippen LogP contribution >= 0.6 is 0 Å². The maximum absolute atomic E-state index is 14.6. The number of imidazole rings is 1. The maximum Gasteiger partial charge on any atom is 0.251 e. The molecular formula is C18H15F2N5O. The third-order valence-corrected chi connectivity index (χ3v) is 4.28. The van der Waals surface area contributed by atoms with Gasteiger partial charge in [0.2, 0.25) is 0 Å². The van der Waals surface area contributed by atoms with E-state index in [1.807, 2.05) is 6.07 Å². The van der Waals surface area contributed by atoms with Crippen molar-refractivity contribution in [2.45, 2.75) is 6.54 Å². The van der Waals surface area contributed by atoms with E-state index < -0.39 is 17.5 Å². The summed E-state index contributed by atoms with van der Waals surface area (Å²) >= 11 is 0. The number of H-pyrrole nitrogens is 1. The number of nitrogens with one attached hydrogen (secondary N) is 2. The first kappa shape index (κ1) is 16.2. The van der Waals surface area contributed by atoms with Crippen LogP contribution < -0.4 is 11.1 Å². The molecule has 2 aromatic carbocycles. The molecule has 1 amide bonds. The molecule has 0 aliphatic heterocycles. The fraction of sp³-hybridized carbons (Fsp3) is 0.111. The van der Waals surface area contributed by atoms with Crippen LogP contribution in [0.3, 0.4) is 0 Å². The molecule has 0 saturated heterocycles. The Morgan fingerprint density at radius 1 is 1.27 bits per heavy atom. The number of hydrogen-bond donors (Lipinski definition) is 3. The quantitative estimate of drug-likeness (QED) is 0.526. The number of hydrogen-bond acceptors (Lipinski definition) is 3. The molecule has 0 bridgehead atoms. The molecule has 132 valence electrons. The van der Waals surface area contributed by atoms with Crippen LogP contribution in [0, 0.1) is 11.6 Å². The molecule has 4 N–H and O–H groups in total. The molecular weight excluding hydrogens is 340 g/mol. The Bertz CT molecular complexity index is 1160. The Labute approximate surface area is 146 Å². The van der Waals surface area contributed by atoms with Gasteiger partial charge in [-0.1, -0.05) is 12.1 Å². The van der Waals surface area contributed by atoms with Gasteiger partial charge in [0, 0.05) is 17.7 Å². The molecule has 2 aromatic heterocycles. The number of carbonyl (C=O) groups is 1. The van der Waals surface area contributed by atoms with E-state index in [0.29, 0.717) is 34.4 Å². The van der Waals surface area contributed by atoms with Gasteiger partial charge in [0.05, 0.1) is 17.3 Å². The largest absolute Gasteiger partial charge is 0.366 e. The van der Waals surface area contributed by atoms with Crippen molar-refractivity contribution in [3.05, 3.63) is 59.3 Å². The number of nitrogens with two attached hydrogens (primary N) is 1. The highest BCUT2D eigenvalue weighted by Gasteiger charge is 2.19. The van der Waals surface area contributed by atoms with Gasteiger partial charge in [0.1, 0.15) is 22.8 Å². The Morgan fingerprint density at radius 2 is 2.08 bits per heavy atom. The van der Waals surface area contributed by atoms with Crippen molar-refractivity contribution in [3.8, 4) is 11.1 Å². The molecule has 0 aliphatic rings. The van der Waals surface area contributed by atoms with E-state index in [1.165, 1.54) is 22.8 Å². The molecule has 0 atom stereocenters. The Hall–Kier alpha value is -3.26. The van der Waals surface area contributed by atoms with Gasteiger partial charge >= 0.3 is 0 Å². The Kier molecular flexibility index (Phi) is 3.69. The van der Waals surface area contributed by atoms with Gasteiger partial charge in [0.15, 0.2) is 0 Å². The van der Waals surface area contributed by atoms with E-state index in [2.05, 4.69) is 15.4 Å². The zero-order valence-corrected chi connectivity index (χ0v) is 13.8. The lowest BCUT2D eigenvalue weighted by molar-refractivity contribution is 0.100. The summed E-state index contributed by atoms with van der Waals surface area (Å²) < 4.78 is 29.8. The Balaban J connectivity index is 1.96. The van der Waals surface area contributed by atoms with Crippen molar-refractivity contribution >= 4 is 22.6 Å². The van der Waals surface area contributed by atoms with Crippen molar-refractivity contribution in [3.63, 3.8) is 0 Å². The first-order valence-electron chi connectivity index (χ1n) is 7.91. The minimum atomic E-state index is -0.768. The summed E-state index contributed by atoms with van der Waals surface area (Å²) in [6.45, 7) is 0.550. The van der Waals surface area contributed by atoms with E-state index in [1.54, 1.807) is 13.1 Å². The number of nitrogens with zero attached hydrogens (tertiary/aromatic N) is 2. The fourth-order valence-electron chi connectivity index (χ4n) is 3.16. The topological polar surface area (TPSA) is 88.2 Å². The normalized spacial score (nSPS) is 11.5. The second-order valence-electron chi connectivity index (χ2n) is 6.00. The lowest BCUT2D eigenvalue weighted by Gasteiger charge is -2.04. The first-order chi connectivity index (χ1) is 12.5. The van der Waals surface area contributed by atoms with Crippen LogP contribution in [0.1, 0.15) is 15.9 Å². The smallest absolute Gasteiger partial charge is 0.251 e. The summed E-state index contributed by atoms with van der Waals surface area (Å²) in [6.07, 6.45) is 1.50. The molecule has 0 fully saturated rings. The highest BCUT2D eigenvalue weighted by atomic mass is 19.1. The molecule has 8 heteroatoms. The number of aromatic amines is 1. The maximum atomic E-state index is 14.6. The van der Waals surface area contributed by atoms with E-state index in [-0.39, 0.29) is 5.56 Å². The summed E-state index contributed by atoms with van der Waals surface area (Å²) in [6, 6.07) is 7.24. The van der Waals surface area contributed by atoms with Crippen LogP contribution in [0.4, 0.5) is 8.78 Å². The second kappa shape index (κ2) is 5.92. The predicted molar refractivity (Wildman–Crippen MR) is 93.7 cm³/mol. The van der Waals surface area contributed by atoms with Crippen molar-refractivity contribution in [2.24, 2.45) is 5.73 Å². The number of primary amides is 1. The van der Waals surface area contributed by atoms with Gasteiger partial charge in [-0.2, -0.15) is 5.10 Å². The summed E-state index contributed by atoms with van der Waals surface area (Å²) in [7, 11) is 1.78. The molecule has 26 heavy (non-hydrogen) atoms. The average molecular weight is 355 g/mol. The number of aromatic nitrogens is 3. The fourth-order valence-corrected chi connectivity index (χ4v) is 3.16. The number of fused-ring (bicyclic) bond motifs is 3. The van der Waals surface area contributed by atoms with Crippen molar-refractivity contribution in [2.75, 3.05) is 7.05 Å². The van der Waals surface area contributed by atoms with Crippen LogP contribution in [-0.2, 0) is 6.54 Å². The molecule has 4 rings (SSSR count). The van der Waals surface area contributed by atoms with Crippen molar-refractivity contribution in [1.82, 2.24) is 19.9 Å². The molecule has 2 heterocycles. The molecule has 0 spiro atoms. The zero-order valence-electron chi connectivity index (χ0n) is 13.8. The summed E-state index contributed by atoms with van der Waals surface area (Å²) in [5.74, 6) is -1.76. The van der Waals surface area contributed by atoms with E-state index >= 15 is 0 Å². The minimum absolute atomic E-state index is 0.00531. The third-order valence-electron chi connectivity index (χ3n) is 4.28. The van der Waals surface area contributed by atoms with Gasteiger partial charge in [-0.3, -0.25) is 4.79 Å². The van der Waals surface area contributed by atoms with Gasteiger partial charge in [-0.25, -0.2) is 13.3 Å². The molecule has 0 unspecified atom stereocenters. The summed E-state index contributed by atoms with van der Waals surface area (Å²) in [5, 5.41) is 7.20. The molecule has 6 nitrogen and oxygen atoms in total. The van der Waals surface area contributed by atoms with Gasteiger partial charge in [-0.15, -0.1) is 0 Å². The number of carbonyl (C=O) groups excluding carboxylic acids is 1. The van der Waals surface area contributed by atoms with Gasteiger partial charge < -0.3 is 16.0 Å². The van der Waals surface area contributed by atoms with Crippen molar-refractivity contribution < 1.29 is 13.6 Å². The van der Waals surface area contributed by atoms with E-state index in [4.69, 9.17) is 5.73 Å².